The molecule has 0 fully saturated rings. The van der Waals surface area contributed by atoms with Crippen LogP contribution in [0.2, 0.25) is 0 Å². The van der Waals surface area contributed by atoms with Gasteiger partial charge < -0.3 is 10.1 Å². The molecule has 1 aromatic carbocycles. The highest BCUT2D eigenvalue weighted by Gasteiger charge is 2.28. The Kier molecular flexibility index (Phi) is 4.03. The van der Waals surface area contributed by atoms with Crippen molar-refractivity contribution in [2.24, 2.45) is 5.41 Å². The number of fused-ring (bicyclic) bond motifs is 1. The molecular formula is C18H21N3O2. The summed E-state index contributed by atoms with van der Waals surface area (Å²) in [7, 11) is 0. The van der Waals surface area contributed by atoms with E-state index in [1.165, 1.54) is 0 Å². The number of aromatic nitrogens is 2. The maximum atomic E-state index is 12.0. The van der Waals surface area contributed by atoms with Crippen LogP contribution in [-0.2, 0) is 11.2 Å². The normalized spacial score (nSPS) is 16.6. The molecule has 1 N–H and O–H groups in total. The number of nitrogens with zero attached hydrogens (tertiary/aromatic N) is 2. The zero-order chi connectivity index (χ0) is 16.4. The molecular weight excluding hydrogens is 290 g/mol. The fourth-order valence-corrected chi connectivity index (χ4v) is 2.54. The minimum absolute atomic E-state index is 0.0312. The van der Waals surface area contributed by atoms with Gasteiger partial charge in [-0.05, 0) is 17.7 Å². The molecule has 1 amide bonds. The van der Waals surface area contributed by atoms with Crippen molar-refractivity contribution in [2.75, 3.05) is 6.54 Å². The van der Waals surface area contributed by atoms with Gasteiger partial charge in [0.05, 0.1) is 12.1 Å². The molecule has 1 aliphatic rings. The highest BCUT2D eigenvalue weighted by Crippen LogP contribution is 2.37. The van der Waals surface area contributed by atoms with Crippen molar-refractivity contribution in [1.82, 2.24) is 15.3 Å². The highest BCUT2D eigenvalue weighted by atomic mass is 16.5. The monoisotopic (exact) mass is 311 g/mol. The summed E-state index contributed by atoms with van der Waals surface area (Å²) < 4.78 is 6.06. The lowest BCUT2D eigenvalue weighted by Gasteiger charge is -2.19. The minimum Gasteiger partial charge on any atom is -0.487 e. The van der Waals surface area contributed by atoms with Gasteiger partial charge in [-0.15, -0.1) is 0 Å². The number of hydrogen-bond donors (Lipinski definition) is 1. The van der Waals surface area contributed by atoms with Gasteiger partial charge in [0.15, 0.2) is 5.82 Å². The topological polar surface area (TPSA) is 64.1 Å². The molecule has 1 atom stereocenters. The molecule has 23 heavy (non-hydrogen) atoms. The highest BCUT2D eigenvalue weighted by molar-refractivity contribution is 5.81. The molecule has 0 spiro atoms. The van der Waals surface area contributed by atoms with Crippen LogP contribution in [0.4, 0.5) is 0 Å². The number of amides is 1. The van der Waals surface area contributed by atoms with E-state index in [0.717, 1.165) is 23.3 Å². The zero-order valence-corrected chi connectivity index (χ0v) is 13.7. The van der Waals surface area contributed by atoms with E-state index in [4.69, 9.17) is 4.74 Å². The van der Waals surface area contributed by atoms with Crippen molar-refractivity contribution in [3.8, 4) is 17.1 Å². The molecule has 0 unspecified atom stereocenters. The fraction of sp³-hybridized carbons (Fsp3) is 0.389. The molecule has 2 aromatic rings. The van der Waals surface area contributed by atoms with E-state index in [9.17, 15) is 4.79 Å². The van der Waals surface area contributed by atoms with Crippen molar-refractivity contribution < 1.29 is 9.53 Å². The fourth-order valence-electron chi connectivity index (χ4n) is 2.54. The lowest BCUT2D eigenvalue weighted by Crippen LogP contribution is -2.40. The average Bonchev–Trinajstić information content (AvgIpc) is 2.95. The number of rotatable bonds is 3. The van der Waals surface area contributed by atoms with E-state index in [-0.39, 0.29) is 12.0 Å². The Balaban J connectivity index is 1.73. The predicted octanol–water partition coefficient (Wildman–Crippen LogP) is 2.61. The van der Waals surface area contributed by atoms with Gasteiger partial charge in [0.1, 0.15) is 11.9 Å². The molecule has 1 aromatic heterocycles. The second kappa shape index (κ2) is 5.99. The number of benzene rings is 1. The quantitative estimate of drug-likeness (QED) is 0.946. The van der Waals surface area contributed by atoms with Crippen molar-refractivity contribution in [3.63, 3.8) is 0 Å². The number of carbonyl (C=O) groups is 1. The Morgan fingerprint density at radius 3 is 2.70 bits per heavy atom. The predicted molar refractivity (Wildman–Crippen MR) is 88.1 cm³/mol. The van der Waals surface area contributed by atoms with Crippen LogP contribution in [0, 0.1) is 5.41 Å². The second-order valence-electron chi connectivity index (χ2n) is 6.77. The number of hydrogen-bond acceptors (Lipinski definition) is 4. The summed E-state index contributed by atoms with van der Waals surface area (Å²) in [6.45, 7) is 6.20. The van der Waals surface area contributed by atoms with Crippen molar-refractivity contribution in [3.05, 3.63) is 42.2 Å². The van der Waals surface area contributed by atoms with E-state index in [1.807, 2.05) is 39.0 Å². The third-order valence-corrected chi connectivity index (χ3v) is 3.81. The maximum Gasteiger partial charge on any atom is 0.225 e. The summed E-state index contributed by atoms with van der Waals surface area (Å²) in [6.07, 6.45) is 4.16. The van der Waals surface area contributed by atoms with Crippen molar-refractivity contribution in [2.45, 2.75) is 33.3 Å². The molecule has 120 valence electrons. The van der Waals surface area contributed by atoms with E-state index in [0.29, 0.717) is 12.4 Å². The van der Waals surface area contributed by atoms with Crippen LogP contribution in [0.1, 0.15) is 26.3 Å². The Labute approximate surface area is 136 Å². The van der Waals surface area contributed by atoms with E-state index in [1.54, 1.807) is 18.5 Å². The van der Waals surface area contributed by atoms with Crippen molar-refractivity contribution in [1.29, 1.82) is 0 Å². The maximum absolute atomic E-state index is 12.0. The molecule has 0 saturated heterocycles. The molecule has 1 aliphatic heterocycles. The average molecular weight is 311 g/mol. The van der Waals surface area contributed by atoms with Gasteiger partial charge >= 0.3 is 0 Å². The van der Waals surface area contributed by atoms with E-state index < -0.39 is 5.41 Å². The molecule has 0 saturated carbocycles. The van der Waals surface area contributed by atoms with Gasteiger partial charge in [-0.3, -0.25) is 4.79 Å². The molecule has 0 bridgehead atoms. The lowest BCUT2D eigenvalue weighted by molar-refractivity contribution is -0.128. The summed E-state index contributed by atoms with van der Waals surface area (Å²) >= 11 is 0. The molecule has 2 heterocycles. The number of ether oxygens (including phenoxy) is 1. The van der Waals surface area contributed by atoms with Gasteiger partial charge in [0, 0.05) is 24.2 Å². The van der Waals surface area contributed by atoms with Gasteiger partial charge in [0.25, 0.3) is 0 Å². The third kappa shape index (κ3) is 3.33. The van der Waals surface area contributed by atoms with E-state index in [2.05, 4.69) is 15.3 Å². The molecule has 3 rings (SSSR count). The first kappa shape index (κ1) is 15.5. The lowest BCUT2D eigenvalue weighted by atomic mass is 9.95. The van der Waals surface area contributed by atoms with Crippen LogP contribution in [0.5, 0.6) is 5.75 Å². The van der Waals surface area contributed by atoms with Gasteiger partial charge in [0.2, 0.25) is 5.91 Å². The van der Waals surface area contributed by atoms with Gasteiger partial charge in [-0.25, -0.2) is 9.97 Å². The summed E-state index contributed by atoms with van der Waals surface area (Å²) in [4.78, 5) is 20.6. The molecule has 5 heteroatoms. The Bertz CT molecular complexity index is 708. The first-order valence-corrected chi connectivity index (χ1v) is 7.79. The Hall–Kier alpha value is -2.43. The second-order valence-corrected chi connectivity index (χ2v) is 6.77. The summed E-state index contributed by atoms with van der Waals surface area (Å²) in [5, 5.41) is 2.96. The van der Waals surface area contributed by atoms with Crippen LogP contribution in [0.25, 0.3) is 11.4 Å². The molecule has 5 nitrogen and oxygen atoms in total. The number of carbonyl (C=O) groups excluding carboxylic acids is 1. The first-order chi connectivity index (χ1) is 10.9. The Morgan fingerprint density at radius 2 is 2.00 bits per heavy atom. The van der Waals surface area contributed by atoms with Crippen LogP contribution in [0.15, 0.2) is 36.7 Å². The first-order valence-electron chi connectivity index (χ1n) is 7.79. The van der Waals surface area contributed by atoms with Crippen LogP contribution >= 0.6 is 0 Å². The largest absolute Gasteiger partial charge is 0.487 e. The van der Waals surface area contributed by atoms with Gasteiger partial charge in [-0.2, -0.15) is 0 Å². The third-order valence-electron chi connectivity index (χ3n) is 3.81. The Morgan fingerprint density at radius 1 is 1.26 bits per heavy atom. The molecule has 0 radical (unpaired) electrons. The van der Waals surface area contributed by atoms with E-state index >= 15 is 0 Å². The summed E-state index contributed by atoms with van der Waals surface area (Å²) in [6, 6.07) is 7.79. The van der Waals surface area contributed by atoms with Crippen LogP contribution in [0.3, 0.4) is 0 Å². The van der Waals surface area contributed by atoms with Crippen LogP contribution < -0.4 is 10.1 Å². The summed E-state index contributed by atoms with van der Waals surface area (Å²) in [5.74, 6) is 1.51. The number of nitrogens with one attached hydrogen (secondary N) is 1. The van der Waals surface area contributed by atoms with Crippen LogP contribution in [-0.4, -0.2) is 28.5 Å². The van der Waals surface area contributed by atoms with Crippen molar-refractivity contribution >= 4 is 5.91 Å². The minimum atomic E-state index is -0.394. The molecule has 0 aliphatic carbocycles. The number of para-hydroxylation sites is 1. The zero-order valence-electron chi connectivity index (χ0n) is 13.7. The van der Waals surface area contributed by atoms with Gasteiger partial charge in [-0.1, -0.05) is 32.9 Å². The summed E-state index contributed by atoms with van der Waals surface area (Å²) in [5.41, 5.74) is 1.63. The smallest absolute Gasteiger partial charge is 0.225 e. The standard InChI is InChI=1S/C18H21N3O2/c1-18(2,3)17(22)21-11-13-10-12-6-4-7-14(15(12)23-13)16-19-8-5-9-20-16/h4-9,13H,10-11H2,1-3H3,(H,21,22)/t13-/m1/s1. The SMILES string of the molecule is CC(C)(C)C(=O)NC[C@H]1Cc2cccc(-c3ncccn3)c2O1.